The lowest BCUT2D eigenvalue weighted by molar-refractivity contribution is 0.0942. The van der Waals surface area contributed by atoms with Gasteiger partial charge in [-0.3, -0.25) is 4.79 Å². The van der Waals surface area contributed by atoms with Gasteiger partial charge in [-0.1, -0.05) is 23.7 Å². The van der Waals surface area contributed by atoms with Crippen LogP contribution in [0.5, 0.6) is 5.75 Å². The van der Waals surface area contributed by atoms with Crippen molar-refractivity contribution in [3.05, 3.63) is 52.8 Å². The van der Waals surface area contributed by atoms with Gasteiger partial charge in [-0.2, -0.15) is 0 Å². The summed E-state index contributed by atoms with van der Waals surface area (Å²) in [6, 6.07) is 8.36. The highest BCUT2D eigenvalue weighted by Crippen LogP contribution is 2.14. The Morgan fingerprint density at radius 2 is 2.05 bits per heavy atom. The van der Waals surface area contributed by atoms with Crippen LogP contribution in [0.2, 0.25) is 5.02 Å². The second kappa shape index (κ2) is 5.80. The third kappa shape index (κ3) is 3.29. The summed E-state index contributed by atoms with van der Waals surface area (Å²) in [4.78, 5) is 12.0. The summed E-state index contributed by atoms with van der Waals surface area (Å²) in [5.41, 5.74) is 1.47. The van der Waals surface area contributed by atoms with Crippen LogP contribution in [0.4, 0.5) is 0 Å². The number of rotatable bonds is 4. The molecule has 0 saturated heterocycles. The van der Waals surface area contributed by atoms with Gasteiger partial charge in [0.2, 0.25) is 0 Å². The van der Waals surface area contributed by atoms with Gasteiger partial charge in [0.05, 0.1) is 5.02 Å². The molecule has 4 nitrogen and oxygen atoms in total. The fourth-order valence-corrected chi connectivity index (χ4v) is 2.03. The highest BCUT2D eigenvalue weighted by atomic mass is 35.5. The van der Waals surface area contributed by atoms with Gasteiger partial charge in [0.25, 0.3) is 5.91 Å². The minimum atomic E-state index is -0.165. The molecule has 0 aliphatic carbocycles. The molecule has 0 unspecified atom stereocenters. The molecule has 2 aromatic rings. The molecular weight excluding hydrogens is 264 g/mol. The molecule has 2 rings (SSSR count). The lowest BCUT2D eigenvalue weighted by Gasteiger charge is -2.07. The van der Waals surface area contributed by atoms with E-state index in [1.165, 1.54) is 0 Å². The maximum atomic E-state index is 12.0. The molecule has 0 spiro atoms. The maximum Gasteiger partial charge on any atom is 0.268 e. The molecule has 0 fully saturated rings. The van der Waals surface area contributed by atoms with E-state index in [4.69, 9.17) is 11.6 Å². The fraction of sp³-hybridized carbons (Fsp3) is 0.214. The first-order valence-corrected chi connectivity index (χ1v) is 6.39. The van der Waals surface area contributed by atoms with E-state index >= 15 is 0 Å². The predicted octanol–water partition coefficient (Wildman–Crippen LogP) is 2.80. The molecule has 1 heterocycles. The second-order valence-corrected chi connectivity index (χ2v) is 4.62. The minimum absolute atomic E-state index is 0.165. The summed E-state index contributed by atoms with van der Waals surface area (Å²) in [6.45, 7) is 3.05. The third-order valence-electron chi connectivity index (χ3n) is 2.83. The zero-order valence-electron chi connectivity index (χ0n) is 10.6. The summed E-state index contributed by atoms with van der Waals surface area (Å²) in [5, 5.41) is 12.6. The van der Waals surface area contributed by atoms with Crippen molar-refractivity contribution in [2.75, 3.05) is 0 Å². The number of hydrogen-bond donors (Lipinski definition) is 2. The van der Waals surface area contributed by atoms with Crippen molar-refractivity contribution >= 4 is 17.5 Å². The normalized spacial score (nSPS) is 10.4. The SMILES string of the molecule is CCn1cc(Cl)cc1C(=O)NCc1ccc(O)cc1. The van der Waals surface area contributed by atoms with Gasteiger partial charge in [0.15, 0.2) is 0 Å². The average molecular weight is 279 g/mol. The first kappa shape index (κ1) is 13.5. The van der Waals surface area contributed by atoms with Crippen LogP contribution in [-0.2, 0) is 13.1 Å². The first-order chi connectivity index (χ1) is 9.10. The number of carbonyl (C=O) groups is 1. The highest BCUT2D eigenvalue weighted by molar-refractivity contribution is 6.31. The van der Waals surface area contributed by atoms with Gasteiger partial charge in [-0.25, -0.2) is 0 Å². The molecule has 2 N–H and O–H groups in total. The van der Waals surface area contributed by atoms with Crippen LogP contribution < -0.4 is 5.32 Å². The molecule has 1 amide bonds. The highest BCUT2D eigenvalue weighted by Gasteiger charge is 2.11. The standard InChI is InChI=1S/C14H15ClN2O2/c1-2-17-9-11(15)7-13(17)14(19)16-8-10-3-5-12(18)6-4-10/h3-7,9,18H,2,8H2,1H3,(H,16,19). The van der Waals surface area contributed by atoms with E-state index in [9.17, 15) is 9.90 Å². The number of phenolic OH excluding ortho intramolecular Hbond substituents is 1. The van der Waals surface area contributed by atoms with Crippen LogP contribution in [0.3, 0.4) is 0 Å². The molecule has 0 aliphatic heterocycles. The van der Waals surface area contributed by atoms with Gasteiger partial charge in [-0.05, 0) is 30.7 Å². The van der Waals surface area contributed by atoms with Gasteiger partial charge in [0.1, 0.15) is 11.4 Å². The minimum Gasteiger partial charge on any atom is -0.508 e. The zero-order valence-corrected chi connectivity index (χ0v) is 11.3. The Hall–Kier alpha value is -1.94. The number of aryl methyl sites for hydroxylation is 1. The Kier molecular flexibility index (Phi) is 4.12. The van der Waals surface area contributed by atoms with Crippen molar-refractivity contribution in [2.45, 2.75) is 20.0 Å². The Morgan fingerprint density at radius 1 is 1.37 bits per heavy atom. The largest absolute Gasteiger partial charge is 0.508 e. The number of hydrogen-bond acceptors (Lipinski definition) is 2. The quantitative estimate of drug-likeness (QED) is 0.903. The topological polar surface area (TPSA) is 54.3 Å². The maximum absolute atomic E-state index is 12.0. The van der Waals surface area contributed by atoms with E-state index in [1.807, 2.05) is 6.92 Å². The molecule has 19 heavy (non-hydrogen) atoms. The van der Waals surface area contributed by atoms with Crippen molar-refractivity contribution in [1.82, 2.24) is 9.88 Å². The van der Waals surface area contributed by atoms with Crippen LogP contribution in [0.1, 0.15) is 23.0 Å². The van der Waals surface area contributed by atoms with Gasteiger partial charge < -0.3 is 15.0 Å². The number of carbonyl (C=O) groups excluding carboxylic acids is 1. The summed E-state index contributed by atoms with van der Waals surface area (Å²) in [6.07, 6.45) is 1.73. The van der Waals surface area contributed by atoms with Gasteiger partial charge >= 0.3 is 0 Å². The van der Waals surface area contributed by atoms with E-state index in [0.29, 0.717) is 23.8 Å². The lowest BCUT2D eigenvalue weighted by Crippen LogP contribution is -2.25. The number of nitrogens with one attached hydrogen (secondary N) is 1. The van der Waals surface area contributed by atoms with Gasteiger partial charge in [-0.15, -0.1) is 0 Å². The van der Waals surface area contributed by atoms with Crippen molar-refractivity contribution in [3.63, 3.8) is 0 Å². The number of benzene rings is 1. The van der Waals surface area contributed by atoms with Crippen molar-refractivity contribution < 1.29 is 9.90 Å². The number of amides is 1. The van der Waals surface area contributed by atoms with E-state index in [0.717, 1.165) is 5.56 Å². The number of nitrogens with zero attached hydrogens (tertiary/aromatic N) is 1. The van der Waals surface area contributed by atoms with Gasteiger partial charge in [0, 0.05) is 19.3 Å². The third-order valence-corrected chi connectivity index (χ3v) is 3.03. The summed E-state index contributed by atoms with van der Waals surface area (Å²) in [5.74, 6) is 0.0449. The summed E-state index contributed by atoms with van der Waals surface area (Å²) >= 11 is 5.89. The Bertz CT molecular complexity index is 576. The predicted molar refractivity (Wildman–Crippen MR) is 74.4 cm³/mol. The number of halogens is 1. The Labute approximate surface area is 116 Å². The first-order valence-electron chi connectivity index (χ1n) is 6.02. The van der Waals surface area contributed by atoms with E-state index in [2.05, 4.69) is 5.32 Å². The molecule has 1 aromatic heterocycles. The van der Waals surface area contributed by atoms with Crippen molar-refractivity contribution in [3.8, 4) is 5.75 Å². The second-order valence-electron chi connectivity index (χ2n) is 4.18. The molecule has 0 aliphatic rings. The number of aromatic hydroxyl groups is 1. The summed E-state index contributed by atoms with van der Waals surface area (Å²) < 4.78 is 1.80. The fourth-order valence-electron chi connectivity index (χ4n) is 1.81. The van der Waals surface area contributed by atoms with E-state index in [-0.39, 0.29) is 11.7 Å². The molecule has 0 atom stereocenters. The average Bonchev–Trinajstić information content (AvgIpc) is 2.79. The van der Waals surface area contributed by atoms with Crippen molar-refractivity contribution in [1.29, 1.82) is 0 Å². The Morgan fingerprint density at radius 3 is 2.68 bits per heavy atom. The van der Waals surface area contributed by atoms with E-state index in [1.54, 1.807) is 41.1 Å². The molecular formula is C14H15ClN2O2. The smallest absolute Gasteiger partial charge is 0.268 e. The number of phenols is 1. The van der Waals surface area contributed by atoms with Crippen LogP contribution in [0.15, 0.2) is 36.5 Å². The van der Waals surface area contributed by atoms with Crippen LogP contribution in [0.25, 0.3) is 0 Å². The van der Waals surface area contributed by atoms with Crippen LogP contribution in [-0.4, -0.2) is 15.6 Å². The molecule has 1 aromatic carbocycles. The molecule has 0 saturated carbocycles. The van der Waals surface area contributed by atoms with E-state index < -0.39 is 0 Å². The molecule has 0 radical (unpaired) electrons. The summed E-state index contributed by atoms with van der Waals surface area (Å²) in [7, 11) is 0. The van der Waals surface area contributed by atoms with Crippen molar-refractivity contribution in [2.24, 2.45) is 0 Å². The Balaban J connectivity index is 2.03. The molecule has 100 valence electrons. The zero-order chi connectivity index (χ0) is 13.8. The monoisotopic (exact) mass is 278 g/mol. The number of aromatic nitrogens is 1. The lowest BCUT2D eigenvalue weighted by atomic mass is 10.2. The van der Waals surface area contributed by atoms with Crippen LogP contribution >= 0.6 is 11.6 Å². The molecule has 5 heteroatoms. The van der Waals surface area contributed by atoms with Crippen LogP contribution in [0, 0.1) is 0 Å². The molecule has 0 bridgehead atoms.